The second-order valence-corrected chi connectivity index (χ2v) is 6.34. The van der Waals surface area contributed by atoms with Crippen LogP contribution in [0.3, 0.4) is 0 Å². The van der Waals surface area contributed by atoms with E-state index in [0.29, 0.717) is 4.52 Å². The number of halogens is 4. The molecule has 6 nitrogen and oxygen atoms in total. The summed E-state index contributed by atoms with van der Waals surface area (Å²) < 4.78 is 54.5. The summed E-state index contributed by atoms with van der Waals surface area (Å²) in [6, 6.07) is 12.4. The number of aromatic nitrogens is 3. The molecule has 0 spiro atoms. The van der Waals surface area contributed by atoms with E-state index in [1.807, 2.05) is 0 Å². The Morgan fingerprint density at radius 2 is 1.77 bits per heavy atom. The Balaban J connectivity index is 1.78. The lowest BCUT2D eigenvalue weighted by molar-refractivity contribution is -0.142. The van der Waals surface area contributed by atoms with Gasteiger partial charge in [0.1, 0.15) is 11.6 Å². The Morgan fingerprint density at radius 3 is 2.43 bits per heavy atom. The molecule has 0 aliphatic carbocycles. The number of hydrogen-bond donors (Lipinski definition) is 2. The number of benzene rings is 2. The van der Waals surface area contributed by atoms with Crippen molar-refractivity contribution in [3.8, 4) is 17.0 Å². The van der Waals surface area contributed by atoms with Crippen LogP contribution >= 0.6 is 0 Å². The fourth-order valence-electron chi connectivity index (χ4n) is 2.83. The van der Waals surface area contributed by atoms with Crippen LogP contribution in [0.25, 0.3) is 16.9 Å². The molecule has 30 heavy (non-hydrogen) atoms. The molecule has 2 aromatic carbocycles. The van der Waals surface area contributed by atoms with Crippen LogP contribution in [0.4, 0.5) is 23.2 Å². The van der Waals surface area contributed by atoms with Crippen LogP contribution in [0.15, 0.2) is 60.7 Å². The Morgan fingerprint density at radius 1 is 1.03 bits per heavy atom. The van der Waals surface area contributed by atoms with Gasteiger partial charge in [-0.3, -0.25) is 4.79 Å². The minimum absolute atomic E-state index is 0.0466. The third-order valence-electron chi connectivity index (χ3n) is 4.19. The number of carbonyl (C=O) groups excluding carboxylic acids is 1. The Bertz CT molecular complexity index is 1250. The van der Waals surface area contributed by atoms with Crippen LogP contribution < -0.4 is 5.32 Å². The number of carbonyl (C=O) groups is 1. The highest BCUT2D eigenvalue weighted by molar-refractivity contribution is 6.03. The third-order valence-corrected chi connectivity index (χ3v) is 4.19. The molecule has 0 radical (unpaired) electrons. The Labute approximate surface area is 166 Å². The highest BCUT2D eigenvalue weighted by atomic mass is 19.4. The van der Waals surface area contributed by atoms with Crippen molar-refractivity contribution in [3.05, 3.63) is 77.9 Å². The van der Waals surface area contributed by atoms with Crippen molar-refractivity contribution in [2.75, 3.05) is 5.32 Å². The zero-order valence-electron chi connectivity index (χ0n) is 15.0. The van der Waals surface area contributed by atoms with Gasteiger partial charge in [0.05, 0.1) is 5.69 Å². The quantitative estimate of drug-likeness (QED) is 0.482. The van der Waals surface area contributed by atoms with Crippen molar-refractivity contribution in [2.24, 2.45) is 0 Å². The number of nitrogens with one attached hydrogen (secondary N) is 1. The zero-order valence-corrected chi connectivity index (χ0v) is 15.0. The van der Waals surface area contributed by atoms with Gasteiger partial charge < -0.3 is 10.4 Å². The van der Waals surface area contributed by atoms with Gasteiger partial charge in [0, 0.05) is 23.4 Å². The second-order valence-electron chi connectivity index (χ2n) is 6.34. The minimum Gasteiger partial charge on any atom is -0.508 e. The number of aromatic hydroxyl groups is 1. The number of phenolic OH excluding ortho intramolecular Hbond substituents is 1. The van der Waals surface area contributed by atoms with Crippen molar-refractivity contribution in [1.29, 1.82) is 0 Å². The van der Waals surface area contributed by atoms with Crippen molar-refractivity contribution >= 4 is 17.2 Å². The Kier molecular flexibility index (Phi) is 4.61. The molecule has 10 heteroatoms. The molecule has 0 atom stereocenters. The lowest BCUT2D eigenvalue weighted by atomic mass is 10.1. The topological polar surface area (TPSA) is 79.5 Å². The molecular formula is C20H12F4N4O2. The summed E-state index contributed by atoms with van der Waals surface area (Å²) in [6.45, 7) is 0. The molecule has 0 bridgehead atoms. The molecule has 0 aliphatic rings. The van der Waals surface area contributed by atoms with Crippen molar-refractivity contribution in [2.45, 2.75) is 6.18 Å². The third kappa shape index (κ3) is 3.79. The van der Waals surface area contributed by atoms with E-state index in [0.717, 1.165) is 24.3 Å². The predicted octanol–water partition coefficient (Wildman–Crippen LogP) is 4.51. The van der Waals surface area contributed by atoms with E-state index in [4.69, 9.17) is 0 Å². The van der Waals surface area contributed by atoms with Gasteiger partial charge in [-0.1, -0.05) is 6.07 Å². The van der Waals surface area contributed by atoms with Gasteiger partial charge in [-0.05, 0) is 42.5 Å². The van der Waals surface area contributed by atoms with Gasteiger partial charge in [-0.25, -0.2) is 13.9 Å². The maximum absolute atomic E-state index is 13.6. The molecule has 2 heterocycles. The standard InChI is InChI=1S/C20H12F4N4O2/c21-12-6-4-11(5-7-12)15-9-17(20(22,23)24)28-18(26-15)10-16(27-28)19(30)25-13-2-1-3-14(29)8-13/h1-10,29H,(H,25,30). The van der Waals surface area contributed by atoms with Gasteiger partial charge in [0.15, 0.2) is 17.0 Å². The summed E-state index contributed by atoms with van der Waals surface area (Å²) in [4.78, 5) is 16.6. The molecule has 152 valence electrons. The van der Waals surface area contributed by atoms with Crippen molar-refractivity contribution in [1.82, 2.24) is 14.6 Å². The number of amides is 1. The fraction of sp³-hybridized carbons (Fsp3) is 0.0500. The first-order valence-electron chi connectivity index (χ1n) is 8.55. The molecular weight excluding hydrogens is 404 g/mol. The first-order chi connectivity index (χ1) is 14.2. The molecule has 2 N–H and O–H groups in total. The molecule has 0 unspecified atom stereocenters. The van der Waals surface area contributed by atoms with Crippen LogP contribution in [0.1, 0.15) is 16.2 Å². The van der Waals surface area contributed by atoms with Crippen LogP contribution in [-0.4, -0.2) is 25.6 Å². The zero-order chi connectivity index (χ0) is 21.5. The van der Waals surface area contributed by atoms with Gasteiger partial charge in [0.2, 0.25) is 0 Å². The van der Waals surface area contributed by atoms with Gasteiger partial charge >= 0.3 is 6.18 Å². The first kappa shape index (κ1) is 19.4. The van der Waals surface area contributed by atoms with Gasteiger partial charge in [-0.15, -0.1) is 0 Å². The number of phenols is 1. The van der Waals surface area contributed by atoms with Gasteiger partial charge in [0.25, 0.3) is 5.91 Å². The number of rotatable bonds is 3. The summed E-state index contributed by atoms with van der Waals surface area (Å²) in [5, 5.41) is 15.7. The summed E-state index contributed by atoms with van der Waals surface area (Å²) in [5.74, 6) is -1.40. The summed E-state index contributed by atoms with van der Waals surface area (Å²) in [5.41, 5.74) is -1.17. The molecule has 2 aromatic heterocycles. The monoisotopic (exact) mass is 416 g/mol. The predicted molar refractivity (Wildman–Crippen MR) is 99.4 cm³/mol. The number of alkyl halides is 3. The van der Waals surface area contributed by atoms with E-state index in [1.165, 1.54) is 36.4 Å². The van der Waals surface area contributed by atoms with E-state index in [1.54, 1.807) is 0 Å². The Hall–Kier alpha value is -3.95. The fourth-order valence-corrected chi connectivity index (χ4v) is 2.83. The van der Waals surface area contributed by atoms with Crippen LogP contribution in [0, 0.1) is 5.82 Å². The normalized spacial score (nSPS) is 11.6. The first-order valence-corrected chi connectivity index (χ1v) is 8.55. The highest BCUT2D eigenvalue weighted by Gasteiger charge is 2.35. The average molecular weight is 416 g/mol. The second kappa shape index (κ2) is 7.14. The number of nitrogens with zero attached hydrogens (tertiary/aromatic N) is 3. The highest BCUT2D eigenvalue weighted by Crippen LogP contribution is 2.32. The summed E-state index contributed by atoms with van der Waals surface area (Å²) in [6.07, 6.45) is -4.78. The molecule has 4 aromatic rings. The van der Waals surface area contributed by atoms with E-state index in [2.05, 4.69) is 15.4 Å². The molecule has 1 amide bonds. The molecule has 0 fully saturated rings. The maximum Gasteiger partial charge on any atom is 0.433 e. The van der Waals surface area contributed by atoms with Crippen molar-refractivity contribution < 1.29 is 27.5 Å². The molecule has 0 saturated carbocycles. The lowest BCUT2D eigenvalue weighted by Crippen LogP contribution is -2.15. The molecule has 0 aliphatic heterocycles. The van der Waals surface area contributed by atoms with Crippen LogP contribution in [0.2, 0.25) is 0 Å². The van der Waals surface area contributed by atoms with Crippen LogP contribution in [0.5, 0.6) is 5.75 Å². The van der Waals surface area contributed by atoms with Gasteiger partial charge in [-0.2, -0.15) is 18.3 Å². The average Bonchev–Trinajstić information content (AvgIpc) is 3.11. The number of anilines is 1. The number of hydrogen-bond acceptors (Lipinski definition) is 4. The van der Waals surface area contributed by atoms with E-state index in [9.17, 15) is 27.5 Å². The molecule has 0 saturated heterocycles. The van der Waals surface area contributed by atoms with Crippen LogP contribution in [-0.2, 0) is 6.18 Å². The SMILES string of the molecule is O=C(Nc1cccc(O)c1)c1cc2nc(-c3ccc(F)cc3)cc(C(F)(F)F)n2n1. The van der Waals surface area contributed by atoms with E-state index >= 15 is 0 Å². The molecule has 4 rings (SSSR count). The smallest absolute Gasteiger partial charge is 0.433 e. The van der Waals surface area contributed by atoms with Crippen molar-refractivity contribution in [3.63, 3.8) is 0 Å². The number of fused-ring (bicyclic) bond motifs is 1. The maximum atomic E-state index is 13.6. The minimum atomic E-state index is -4.78. The van der Waals surface area contributed by atoms with E-state index < -0.39 is 23.6 Å². The van der Waals surface area contributed by atoms with E-state index in [-0.39, 0.29) is 34.0 Å². The summed E-state index contributed by atoms with van der Waals surface area (Å²) >= 11 is 0. The summed E-state index contributed by atoms with van der Waals surface area (Å²) in [7, 11) is 0. The largest absolute Gasteiger partial charge is 0.508 e. The lowest BCUT2D eigenvalue weighted by Gasteiger charge is -2.11.